The fourth-order valence-electron chi connectivity index (χ4n) is 3.04. The van der Waals surface area contributed by atoms with Crippen molar-refractivity contribution in [2.24, 2.45) is 5.73 Å². The number of ether oxygens (including phenoxy) is 1. The number of carbonyl (C=O) groups is 2. The number of rotatable bonds is 11. The Labute approximate surface area is 194 Å². The van der Waals surface area contributed by atoms with Crippen molar-refractivity contribution in [1.29, 1.82) is 0 Å². The summed E-state index contributed by atoms with van der Waals surface area (Å²) in [4.78, 5) is 24.1. The largest absolute Gasteiger partial charge is 0.489 e. The fourth-order valence-corrected chi connectivity index (χ4v) is 3.04. The van der Waals surface area contributed by atoms with Crippen LogP contribution in [0.2, 0.25) is 0 Å². The Morgan fingerprint density at radius 2 is 1.52 bits per heavy atom. The van der Waals surface area contributed by atoms with E-state index in [9.17, 15) is 9.59 Å². The molecule has 0 atom stereocenters. The molecule has 0 saturated heterocycles. The highest BCUT2D eigenvalue weighted by atomic mass is 16.5. The summed E-state index contributed by atoms with van der Waals surface area (Å²) in [6, 6.07) is 24.7. The van der Waals surface area contributed by atoms with Crippen LogP contribution in [-0.4, -0.2) is 24.9 Å². The fraction of sp³-hybridized carbons (Fsp3) is 0.185. The van der Waals surface area contributed by atoms with Crippen molar-refractivity contribution in [2.45, 2.75) is 19.6 Å². The van der Waals surface area contributed by atoms with E-state index in [1.165, 1.54) is 6.08 Å². The van der Waals surface area contributed by atoms with E-state index in [4.69, 9.17) is 10.5 Å². The van der Waals surface area contributed by atoms with Gasteiger partial charge < -0.3 is 21.1 Å². The van der Waals surface area contributed by atoms with Crippen molar-refractivity contribution in [1.82, 2.24) is 10.6 Å². The minimum absolute atomic E-state index is 0.138. The van der Waals surface area contributed by atoms with Crippen molar-refractivity contribution in [2.75, 3.05) is 13.1 Å². The Morgan fingerprint density at radius 3 is 2.21 bits per heavy atom. The van der Waals surface area contributed by atoms with Crippen LogP contribution >= 0.6 is 0 Å². The first kappa shape index (κ1) is 23.8. The molecule has 0 aliphatic heterocycles. The van der Waals surface area contributed by atoms with Crippen molar-refractivity contribution in [3.8, 4) is 5.75 Å². The predicted molar refractivity (Wildman–Crippen MR) is 131 cm³/mol. The Balaban J connectivity index is 1.32. The van der Waals surface area contributed by atoms with Gasteiger partial charge >= 0.3 is 0 Å². The molecule has 33 heavy (non-hydrogen) atoms. The molecule has 3 aromatic rings. The number of carbonyl (C=O) groups excluding carboxylic acids is 2. The zero-order valence-electron chi connectivity index (χ0n) is 18.5. The molecule has 0 unspecified atom stereocenters. The number of hydrogen-bond donors (Lipinski definition) is 3. The standard InChI is InChI=1S/C27H29N3O3/c28-19-22-7-12-24(13-8-22)27(32)30-18-4-17-29-26(31)16-11-21-9-14-25(15-10-21)33-20-23-5-2-1-3-6-23/h1-3,5-16H,4,17-20,28H2,(H,29,31)(H,30,32)/b16-11+. The van der Waals surface area contributed by atoms with Crippen LogP contribution in [0.25, 0.3) is 6.08 Å². The lowest BCUT2D eigenvalue weighted by atomic mass is 10.1. The van der Waals surface area contributed by atoms with Gasteiger partial charge in [-0.15, -0.1) is 0 Å². The smallest absolute Gasteiger partial charge is 0.251 e. The third-order valence-corrected chi connectivity index (χ3v) is 4.95. The normalized spacial score (nSPS) is 10.7. The second-order valence-electron chi connectivity index (χ2n) is 7.48. The average molecular weight is 444 g/mol. The van der Waals surface area contributed by atoms with E-state index >= 15 is 0 Å². The third kappa shape index (κ3) is 8.27. The van der Waals surface area contributed by atoms with Crippen LogP contribution in [0.3, 0.4) is 0 Å². The molecule has 6 heteroatoms. The number of amides is 2. The monoisotopic (exact) mass is 443 g/mol. The van der Waals surface area contributed by atoms with Crippen LogP contribution in [0.1, 0.15) is 33.5 Å². The summed E-state index contributed by atoms with van der Waals surface area (Å²) in [6.45, 7) is 1.91. The summed E-state index contributed by atoms with van der Waals surface area (Å²) < 4.78 is 5.77. The summed E-state index contributed by atoms with van der Waals surface area (Å²) in [5.41, 5.74) is 9.15. The number of hydrogen-bond acceptors (Lipinski definition) is 4. The molecule has 2 amide bonds. The summed E-state index contributed by atoms with van der Waals surface area (Å²) in [5, 5.41) is 5.66. The predicted octanol–water partition coefficient (Wildman–Crippen LogP) is 3.67. The highest BCUT2D eigenvalue weighted by Gasteiger charge is 2.04. The minimum atomic E-state index is -0.178. The van der Waals surface area contributed by atoms with Gasteiger partial charge in [0.2, 0.25) is 5.91 Å². The van der Waals surface area contributed by atoms with Crippen molar-refractivity contribution < 1.29 is 14.3 Å². The van der Waals surface area contributed by atoms with Crippen molar-refractivity contribution >= 4 is 17.9 Å². The SMILES string of the molecule is NCc1ccc(C(=O)NCCCNC(=O)/C=C/c2ccc(OCc3ccccc3)cc2)cc1. The molecule has 4 N–H and O–H groups in total. The lowest BCUT2D eigenvalue weighted by molar-refractivity contribution is -0.116. The van der Waals surface area contributed by atoms with E-state index in [1.807, 2.05) is 66.7 Å². The van der Waals surface area contributed by atoms with Gasteiger partial charge in [0.05, 0.1) is 0 Å². The zero-order valence-corrected chi connectivity index (χ0v) is 18.5. The number of nitrogens with one attached hydrogen (secondary N) is 2. The van der Waals surface area contributed by atoms with Gasteiger partial charge in [-0.1, -0.05) is 54.6 Å². The van der Waals surface area contributed by atoms with E-state index < -0.39 is 0 Å². The van der Waals surface area contributed by atoms with Gasteiger partial charge in [-0.25, -0.2) is 0 Å². The van der Waals surface area contributed by atoms with Gasteiger partial charge in [0.1, 0.15) is 12.4 Å². The van der Waals surface area contributed by atoms with E-state index in [0.29, 0.717) is 38.2 Å². The molecule has 0 bridgehead atoms. The first-order valence-corrected chi connectivity index (χ1v) is 10.9. The van der Waals surface area contributed by atoms with Gasteiger partial charge in [0.15, 0.2) is 0 Å². The third-order valence-electron chi connectivity index (χ3n) is 4.95. The lowest BCUT2D eigenvalue weighted by Gasteiger charge is -2.07. The van der Waals surface area contributed by atoms with Gasteiger partial charge in [-0.2, -0.15) is 0 Å². The average Bonchev–Trinajstić information content (AvgIpc) is 2.87. The quantitative estimate of drug-likeness (QED) is 0.311. The lowest BCUT2D eigenvalue weighted by Crippen LogP contribution is -2.29. The Kier molecular flexibility index (Phi) is 9.24. The highest BCUT2D eigenvalue weighted by molar-refractivity contribution is 5.94. The zero-order chi connectivity index (χ0) is 23.3. The first-order chi connectivity index (χ1) is 16.1. The summed E-state index contributed by atoms with van der Waals surface area (Å²) in [7, 11) is 0. The van der Waals surface area contributed by atoms with Crippen LogP contribution in [0, 0.1) is 0 Å². The van der Waals surface area contributed by atoms with Crippen LogP contribution < -0.4 is 21.1 Å². The summed E-state index contributed by atoms with van der Waals surface area (Å²) in [5.74, 6) is 0.460. The minimum Gasteiger partial charge on any atom is -0.489 e. The molecule has 0 saturated carbocycles. The van der Waals surface area contributed by atoms with Crippen molar-refractivity contribution in [3.63, 3.8) is 0 Å². The Hall–Kier alpha value is -3.90. The molecule has 0 fully saturated rings. The molecule has 6 nitrogen and oxygen atoms in total. The molecule has 0 radical (unpaired) electrons. The molecule has 0 aliphatic rings. The van der Waals surface area contributed by atoms with Crippen molar-refractivity contribution in [3.05, 3.63) is 107 Å². The molecular weight excluding hydrogens is 414 g/mol. The Morgan fingerprint density at radius 1 is 0.818 bits per heavy atom. The second-order valence-corrected chi connectivity index (χ2v) is 7.48. The maximum atomic E-state index is 12.1. The highest BCUT2D eigenvalue weighted by Crippen LogP contribution is 2.15. The molecule has 170 valence electrons. The number of nitrogens with two attached hydrogens (primary N) is 1. The van der Waals surface area contributed by atoms with Crippen LogP contribution in [0.5, 0.6) is 5.75 Å². The molecule has 0 spiro atoms. The van der Waals surface area contributed by atoms with Crippen LogP contribution in [-0.2, 0) is 17.9 Å². The van der Waals surface area contributed by atoms with E-state index in [1.54, 1.807) is 18.2 Å². The van der Waals surface area contributed by atoms with Crippen LogP contribution in [0.15, 0.2) is 84.9 Å². The van der Waals surface area contributed by atoms with Gasteiger partial charge in [-0.05, 0) is 53.5 Å². The maximum absolute atomic E-state index is 12.1. The molecule has 0 heterocycles. The van der Waals surface area contributed by atoms with E-state index in [-0.39, 0.29) is 11.8 Å². The molecule has 0 aliphatic carbocycles. The topological polar surface area (TPSA) is 93.5 Å². The van der Waals surface area contributed by atoms with Gasteiger partial charge in [-0.3, -0.25) is 9.59 Å². The van der Waals surface area contributed by atoms with Gasteiger partial charge in [0.25, 0.3) is 5.91 Å². The summed E-state index contributed by atoms with van der Waals surface area (Å²) in [6.07, 6.45) is 3.89. The maximum Gasteiger partial charge on any atom is 0.251 e. The second kappa shape index (κ2) is 12.8. The number of benzene rings is 3. The van der Waals surface area contributed by atoms with Crippen LogP contribution in [0.4, 0.5) is 0 Å². The first-order valence-electron chi connectivity index (χ1n) is 10.9. The molecule has 3 rings (SSSR count). The van der Waals surface area contributed by atoms with E-state index in [2.05, 4.69) is 10.6 Å². The molecular formula is C27H29N3O3. The van der Waals surface area contributed by atoms with E-state index in [0.717, 1.165) is 22.4 Å². The Bertz CT molecular complexity index is 1050. The van der Waals surface area contributed by atoms with Gasteiger partial charge in [0, 0.05) is 31.3 Å². The summed E-state index contributed by atoms with van der Waals surface area (Å²) >= 11 is 0. The molecule has 3 aromatic carbocycles. The molecule has 0 aromatic heterocycles.